The molecule has 1 unspecified atom stereocenters. The van der Waals surface area contributed by atoms with Gasteiger partial charge in [-0.2, -0.15) is 0 Å². The van der Waals surface area contributed by atoms with E-state index in [2.05, 4.69) is 19.2 Å². The molecule has 0 aromatic carbocycles. The van der Waals surface area contributed by atoms with Gasteiger partial charge in [-0.25, -0.2) is 4.57 Å². The number of phosphoric ester groups is 1. The predicted octanol–water partition coefficient (Wildman–Crippen LogP) is 5.67. The molecule has 0 aliphatic carbocycles. The minimum atomic E-state index is -4.37. The molecule has 218 valence electrons. The summed E-state index contributed by atoms with van der Waals surface area (Å²) >= 11 is 0. The Balaban J connectivity index is 4.51. The minimum Gasteiger partial charge on any atom is -0.461 e. The van der Waals surface area contributed by atoms with E-state index in [1.54, 1.807) is 18.2 Å². The van der Waals surface area contributed by atoms with E-state index in [1.807, 2.05) is 27.2 Å². The number of hydrogen-bond acceptors (Lipinski definition) is 7. The van der Waals surface area contributed by atoms with Crippen LogP contribution < -0.4 is 0 Å². The van der Waals surface area contributed by atoms with Crippen molar-refractivity contribution >= 4 is 19.8 Å². The highest BCUT2D eigenvalue weighted by molar-refractivity contribution is 7.47. The monoisotopic (exact) mass is 558 g/mol. The number of quaternary nitrogens is 1. The molecule has 0 radical (unpaired) electrons. The molecule has 0 saturated carbocycles. The van der Waals surface area contributed by atoms with Crippen molar-refractivity contribution in [1.29, 1.82) is 0 Å². The summed E-state index contributed by atoms with van der Waals surface area (Å²) in [5.41, 5.74) is 0. The summed E-state index contributed by atoms with van der Waals surface area (Å²) in [6.07, 6.45) is 18.1. The summed E-state index contributed by atoms with van der Waals surface area (Å²) < 4.78 is 33.3. The molecule has 0 aliphatic rings. The lowest BCUT2D eigenvalue weighted by atomic mass is 10.1. The molecule has 9 nitrogen and oxygen atoms in total. The molecule has 2 atom stereocenters. The topological polar surface area (TPSA) is 108 Å². The van der Waals surface area contributed by atoms with Crippen molar-refractivity contribution in [2.45, 2.75) is 70.3 Å². The van der Waals surface area contributed by atoms with Crippen molar-refractivity contribution in [1.82, 2.24) is 0 Å². The average Bonchev–Trinajstić information content (AvgIpc) is 2.83. The SMILES string of the molecule is C=C/C=C/CCCCCCCCCC(=O)O[C@H](COC(=O)C/C=C/C=C)COP(=O)(O)OCC[N+](C)(C)C. The molecule has 0 amide bonds. The molecule has 38 heavy (non-hydrogen) atoms. The zero-order valence-electron chi connectivity index (χ0n) is 23.6. The van der Waals surface area contributed by atoms with Crippen LogP contribution in [0.5, 0.6) is 0 Å². The molecule has 0 bridgehead atoms. The number of phosphoric acid groups is 1. The number of unbranched alkanes of at least 4 members (excludes halogenated alkanes) is 7. The zero-order valence-corrected chi connectivity index (χ0v) is 24.4. The fourth-order valence-corrected chi connectivity index (χ4v) is 3.86. The van der Waals surface area contributed by atoms with Crippen molar-refractivity contribution in [2.75, 3.05) is 47.5 Å². The van der Waals surface area contributed by atoms with Crippen LogP contribution in [0.15, 0.2) is 49.6 Å². The van der Waals surface area contributed by atoms with Crippen molar-refractivity contribution in [2.24, 2.45) is 0 Å². The van der Waals surface area contributed by atoms with E-state index in [-0.39, 0.29) is 26.1 Å². The standard InChI is InChI=1S/C28H48NO8P/c1-6-8-10-11-12-13-14-15-16-17-19-21-28(31)37-26(24-34-27(30)20-18-9-7-2)25-36-38(32,33)35-23-22-29(3,4)5/h6-10,18,26H,1-2,11-17,19-25H2,3-5H3/p+1/b10-8+,18-9+/t26-/m1/s1. The highest BCUT2D eigenvalue weighted by Gasteiger charge is 2.26. The van der Waals surface area contributed by atoms with E-state index in [0.717, 1.165) is 38.5 Å². The lowest BCUT2D eigenvalue weighted by Crippen LogP contribution is -2.37. The quantitative estimate of drug-likeness (QED) is 0.0531. The summed E-state index contributed by atoms with van der Waals surface area (Å²) in [5, 5.41) is 0. The van der Waals surface area contributed by atoms with Gasteiger partial charge in [-0.05, 0) is 19.3 Å². The molecule has 0 spiro atoms. The summed E-state index contributed by atoms with van der Waals surface area (Å²) in [5.74, 6) is -1.01. The molecule has 1 N–H and O–H groups in total. The number of esters is 2. The summed E-state index contributed by atoms with van der Waals surface area (Å²) in [6, 6.07) is 0. The third kappa shape index (κ3) is 24.3. The van der Waals surface area contributed by atoms with Crippen molar-refractivity contribution in [3.05, 3.63) is 49.6 Å². The van der Waals surface area contributed by atoms with E-state index < -0.39 is 32.5 Å². The van der Waals surface area contributed by atoms with Gasteiger partial charge in [-0.3, -0.25) is 18.6 Å². The summed E-state index contributed by atoms with van der Waals surface area (Å²) in [4.78, 5) is 34.2. The van der Waals surface area contributed by atoms with Gasteiger partial charge in [0.05, 0.1) is 34.2 Å². The molecule has 0 rings (SSSR count). The zero-order chi connectivity index (χ0) is 28.7. The van der Waals surface area contributed by atoms with Crippen LogP contribution in [-0.4, -0.2) is 74.9 Å². The van der Waals surface area contributed by atoms with Crippen molar-refractivity contribution < 1.29 is 42.1 Å². The number of allylic oxidation sites excluding steroid dienone is 5. The molecule has 0 fully saturated rings. The van der Waals surface area contributed by atoms with E-state index in [0.29, 0.717) is 17.4 Å². The maximum absolute atomic E-state index is 12.4. The number of carbonyl (C=O) groups is 2. The predicted molar refractivity (Wildman–Crippen MR) is 150 cm³/mol. The van der Waals surface area contributed by atoms with E-state index >= 15 is 0 Å². The lowest BCUT2D eigenvalue weighted by Gasteiger charge is -2.24. The number of likely N-dealkylation sites (N-methyl/N-ethyl adjacent to an activating group) is 1. The van der Waals surface area contributed by atoms with Crippen LogP contribution in [0.2, 0.25) is 0 Å². The van der Waals surface area contributed by atoms with E-state index in [4.69, 9.17) is 18.5 Å². The average molecular weight is 559 g/mol. The van der Waals surface area contributed by atoms with Crippen LogP contribution in [0.25, 0.3) is 0 Å². The Morgan fingerprint density at radius 2 is 1.47 bits per heavy atom. The van der Waals surface area contributed by atoms with Crippen LogP contribution in [0, 0.1) is 0 Å². The van der Waals surface area contributed by atoms with Crippen LogP contribution >= 0.6 is 7.82 Å². The second-order valence-electron chi connectivity index (χ2n) is 9.95. The van der Waals surface area contributed by atoms with Gasteiger partial charge in [0.2, 0.25) is 0 Å². The minimum absolute atomic E-state index is 0.0126. The number of nitrogens with zero attached hydrogens (tertiary/aromatic N) is 1. The van der Waals surface area contributed by atoms with E-state index in [1.165, 1.54) is 12.5 Å². The molecule has 0 aliphatic heterocycles. The van der Waals surface area contributed by atoms with Gasteiger partial charge < -0.3 is 18.9 Å². The fourth-order valence-electron chi connectivity index (χ4n) is 3.12. The second-order valence-corrected chi connectivity index (χ2v) is 11.4. The van der Waals surface area contributed by atoms with Gasteiger partial charge in [-0.15, -0.1) is 0 Å². The summed E-state index contributed by atoms with van der Waals surface area (Å²) in [6.45, 7) is 6.94. The van der Waals surface area contributed by atoms with Crippen molar-refractivity contribution in [3.8, 4) is 0 Å². The molecule has 0 saturated heterocycles. The molecule has 0 heterocycles. The normalized spacial score (nSPS) is 14.3. The van der Waals surface area contributed by atoms with Gasteiger partial charge in [-0.1, -0.05) is 81.7 Å². The van der Waals surface area contributed by atoms with Gasteiger partial charge in [0.1, 0.15) is 19.8 Å². The third-order valence-corrected chi connectivity index (χ3v) is 6.23. The van der Waals surface area contributed by atoms with Crippen LogP contribution in [0.1, 0.15) is 64.2 Å². The number of rotatable bonds is 24. The Hall–Kier alpha value is -2.03. The fraction of sp³-hybridized carbons (Fsp3) is 0.643. The Morgan fingerprint density at radius 1 is 0.868 bits per heavy atom. The number of carbonyl (C=O) groups excluding carboxylic acids is 2. The first-order valence-electron chi connectivity index (χ1n) is 13.3. The highest BCUT2D eigenvalue weighted by atomic mass is 31.2. The first-order valence-corrected chi connectivity index (χ1v) is 14.8. The summed E-state index contributed by atoms with van der Waals surface area (Å²) in [7, 11) is 1.40. The van der Waals surface area contributed by atoms with Crippen LogP contribution in [0.3, 0.4) is 0 Å². The lowest BCUT2D eigenvalue weighted by molar-refractivity contribution is -0.870. The van der Waals surface area contributed by atoms with Gasteiger partial charge >= 0.3 is 19.8 Å². The Morgan fingerprint density at radius 3 is 2.11 bits per heavy atom. The molecular weight excluding hydrogens is 509 g/mol. The van der Waals surface area contributed by atoms with E-state index in [9.17, 15) is 19.0 Å². The van der Waals surface area contributed by atoms with Gasteiger partial charge in [0, 0.05) is 6.42 Å². The number of ether oxygens (including phenoxy) is 2. The Kier molecular flexibility index (Phi) is 20.7. The Bertz CT molecular complexity index is 788. The Labute approximate surface area is 229 Å². The maximum atomic E-state index is 12.4. The molecule has 0 aromatic heterocycles. The first-order chi connectivity index (χ1) is 18.0. The smallest absolute Gasteiger partial charge is 0.461 e. The second kappa shape index (κ2) is 21.9. The van der Waals surface area contributed by atoms with Crippen LogP contribution in [-0.2, 0) is 32.7 Å². The van der Waals surface area contributed by atoms with Crippen molar-refractivity contribution in [3.63, 3.8) is 0 Å². The maximum Gasteiger partial charge on any atom is 0.472 e. The largest absolute Gasteiger partial charge is 0.472 e. The first kappa shape index (κ1) is 36.0. The highest BCUT2D eigenvalue weighted by Crippen LogP contribution is 2.43. The molecule has 0 aromatic rings. The van der Waals surface area contributed by atoms with Gasteiger partial charge in [0.25, 0.3) is 0 Å². The molecule has 10 heteroatoms. The molecular formula is C28H49NO8P+. The van der Waals surface area contributed by atoms with Gasteiger partial charge in [0.15, 0.2) is 6.10 Å². The third-order valence-electron chi connectivity index (χ3n) is 5.25. The van der Waals surface area contributed by atoms with Crippen LogP contribution in [0.4, 0.5) is 0 Å². The number of hydrogen-bond donors (Lipinski definition) is 1.